The molecular formula is C45H34. The van der Waals surface area contributed by atoms with Crippen molar-refractivity contribution >= 4 is 32.3 Å². The maximum atomic E-state index is 2.32. The highest BCUT2D eigenvalue weighted by atomic mass is 14.2. The van der Waals surface area contributed by atoms with Crippen molar-refractivity contribution in [1.82, 2.24) is 0 Å². The molecular weight excluding hydrogens is 540 g/mol. The second-order valence-electron chi connectivity index (χ2n) is 12.0. The van der Waals surface area contributed by atoms with Gasteiger partial charge in [0.2, 0.25) is 0 Å². The summed E-state index contributed by atoms with van der Waals surface area (Å²) in [4.78, 5) is 0. The predicted octanol–water partition coefficient (Wildman–Crippen LogP) is 12.7. The Morgan fingerprint density at radius 2 is 0.844 bits per heavy atom. The number of aryl methyl sites for hydroxylation is 2. The van der Waals surface area contributed by atoms with Crippen LogP contribution in [-0.2, 0) is 6.42 Å². The van der Waals surface area contributed by atoms with Crippen LogP contribution in [0.1, 0.15) is 18.1 Å². The lowest BCUT2D eigenvalue weighted by Gasteiger charge is -2.21. The Hall–Kier alpha value is -5.46. The van der Waals surface area contributed by atoms with Crippen molar-refractivity contribution in [2.24, 2.45) is 0 Å². The molecule has 0 saturated heterocycles. The molecule has 0 aromatic heterocycles. The smallest absolute Gasteiger partial charge is 0.00200 e. The van der Waals surface area contributed by atoms with E-state index in [4.69, 9.17) is 0 Å². The Kier molecular flexibility index (Phi) is 6.77. The van der Waals surface area contributed by atoms with E-state index in [0.29, 0.717) is 0 Å². The summed E-state index contributed by atoms with van der Waals surface area (Å²) in [5.41, 5.74) is 13.0. The van der Waals surface area contributed by atoms with Gasteiger partial charge in [-0.25, -0.2) is 0 Å². The van der Waals surface area contributed by atoms with E-state index in [1.807, 2.05) is 0 Å². The fraction of sp³-hybridized carbons (Fsp3) is 0.0667. The van der Waals surface area contributed by atoms with Crippen molar-refractivity contribution in [2.45, 2.75) is 20.3 Å². The molecule has 0 aliphatic carbocycles. The van der Waals surface area contributed by atoms with E-state index >= 15 is 0 Å². The lowest BCUT2D eigenvalue weighted by atomic mass is 9.82. The Morgan fingerprint density at radius 3 is 1.53 bits per heavy atom. The van der Waals surface area contributed by atoms with Gasteiger partial charge in [-0.15, -0.1) is 0 Å². The second kappa shape index (κ2) is 11.2. The predicted molar refractivity (Wildman–Crippen MR) is 195 cm³/mol. The molecule has 0 saturated carbocycles. The van der Waals surface area contributed by atoms with Crippen molar-refractivity contribution in [3.8, 4) is 44.5 Å². The van der Waals surface area contributed by atoms with Crippen molar-refractivity contribution in [1.29, 1.82) is 0 Å². The van der Waals surface area contributed by atoms with Gasteiger partial charge in [-0.05, 0) is 101 Å². The van der Waals surface area contributed by atoms with Crippen LogP contribution in [0.2, 0.25) is 0 Å². The molecule has 0 heteroatoms. The van der Waals surface area contributed by atoms with E-state index in [-0.39, 0.29) is 0 Å². The van der Waals surface area contributed by atoms with Crippen molar-refractivity contribution in [3.63, 3.8) is 0 Å². The molecule has 214 valence electrons. The van der Waals surface area contributed by atoms with Crippen LogP contribution in [0.15, 0.2) is 158 Å². The third-order valence-corrected chi connectivity index (χ3v) is 9.42. The second-order valence-corrected chi connectivity index (χ2v) is 12.0. The summed E-state index contributed by atoms with van der Waals surface area (Å²) in [6.45, 7) is 4.50. The van der Waals surface area contributed by atoms with Gasteiger partial charge in [-0.2, -0.15) is 0 Å². The van der Waals surface area contributed by atoms with Crippen LogP contribution in [0.5, 0.6) is 0 Å². The van der Waals surface area contributed by atoms with Gasteiger partial charge in [0.05, 0.1) is 0 Å². The van der Waals surface area contributed by atoms with E-state index in [2.05, 4.69) is 172 Å². The molecule has 0 radical (unpaired) electrons. The normalized spacial score (nSPS) is 11.4. The number of hydrogen-bond donors (Lipinski definition) is 0. The van der Waals surface area contributed by atoms with Gasteiger partial charge in [-0.1, -0.05) is 165 Å². The molecule has 0 atom stereocenters. The van der Waals surface area contributed by atoms with E-state index in [1.54, 1.807) is 0 Å². The minimum absolute atomic E-state index is 0.999. The zero-order chi connectivity index (χ0) is 30.3. The average molecular weight is 575 g/mol. The standard InChI is InChI=1S/C45H34/c1-3-31-15-4-7-19-37(31)43-30(2)14-12-25-42(43)45-40-22-10-8-20-38(40)44(39-21-9-11-23-41(39)45)34-28-26-33(27-29-34)36-24-13-17-32-16-5-6-18-35(32)36/h4-29H,3H2,1-2H3. The third-order valence-electron chi connectivity index (χ3n) is 9.42. The highest BCUT2D eigenvalue weighted by Gasteiger charge is 2.20. The summed E-state index contributed by atoms with van der Waals surface area (Å²) in [7, 11) is 0. The Bertz CT molecular complexity index is 2290. The first kappa shape index (κ1) is 27.1. The van der Waals surface area contributed by atoms with Crippen molar-refractivity contribution in [2.75, 3.05) is 0 Å². The van der Waals surface area contributed by atoms with Crippen LogP contribution in [0, 0.1) is 6.92 Å². The molecule has 8 aromatic rings. The summed E-state index contributed by atoms with van der Waals surface area (Å²) >= 11 is 0. The largest absolute Gasteiger partial charge is 0.0620 e. The van der Waals surface area contributed by atoms with Gasteiger partial charge in [0.15, 0.2) is 0 Å². The first-order valence-corrected chi connectivity index (χ1v) is 15.9. The summed E-state index contributed by atoms with van der Waals surface area (Å²) in [6.07, 6.45) is 0.999. The molecule has 0 N–H and O–H groups in total. The van der Waals surface area contributed by atoms with Gasteiger partial charge in [0, 0.05) is 0 Å². The summed E-state index contributed by atoms with van der Waals surface area (Å²) in [6, 6.07) is 58.0. The molecule has 0 amide bonds. The number of hydrogen-bond acceptors (Lipinski definition) is 0. The Labute approximate surface area is 265 Å². The van der Waals surface area contributed by atoms with Crippen LogP contribution < -0.4 is 0 Å². The van der Waals surface area contributed by atoms with Gasteiger partial charge >= 0.3 is 0 Å². The van der Waals surface area contributed by atoms with E-state index in [1.165, 1.54) is 88.0 Å². The highest BCUT2D eigenvalue weighted by molar-refractivity contribution is 6.22. The molecule has 0 aliphatic rings. The van der Waals surface area contributed by atoms with Crippen LogP contribution in [0.3, 0.4) is 0 Å². The molecule has 45 heavy (non-hydrogen) atoms. The average Bonchev–Trinajstić information content (AvgIpc) is 3.10. The van der Waals surface area contributed by atoms with E-state index in [0.717, 1.165) is 6.42 Å². The highest BCUT2D eigenvalue weighted by Crippen LogP contribution is 2.47. The SMILES string of the molecule is CCc1ccccc1-c1c(C)cccc1-c1c2ccccc2c(-c2ccc(-c3cccc4ccccc34)cc2)c2ccccc12. The van der Waals surface area contributed by atoms with Gasteiger partial charge in [0.25, 0.3) is 0 Å². The lowest BCUT2D eigenvalue weighted by Crippen LogP contribution is -1.96. The first-order valence-electron chi connectivity index (χ1n) is 15.9. The third kappa shape index (κ3) is 4.53. The molecule has 0 heterocycles. The molecule has 0 fully saturated rings. The van der Waals surface area contributed by atoms with E-state index < -0.39 is 0 Å². The van der Waals surface area contributed by atoms with Gasteiger partial charge in [-0.3, -0.25) is 0 Å². The Balaban J connectivity index is 1.38. The quantitative estimate of drug-likeness (QED) is 0.179. The first-order chi connectivity index (χ1) is 22.2. The summed E-state index contributed by atoms with van der Waals surface area (Å²) in [5, 5.41) is 7.67. The number of fused-ring (bicyclic) bond motifs is 3. The molecule has 0 unspecified atom stereocenters. The topological polar surface area (TPSA) is 0 Å². The lowest BCUT2D eigenvalue weighted by molar-refractivity contribution is 1.14. The van der Waals surface area contributed by atoms with Crippen LogP contribution in [0.25, 0.3) is 76.8 Å². The van der Waals surface area contributed by atoms with Crippen LogP contribution in [-0.4, -0.2) is 0 Å². The monoisotopic (exact) mass is 574 g/mol. The molecule has 0 bridgehead atoms. The fourth-order valence-electron chi connectivity index (χ4n) is 7.33. The van der Waals surface area contributed by atoms with Crippen molar-refractivity contribution in [3.05, 3.63) is 169 Å². The zero-order valence-corrected chi connectivity index (χ0v) is 25.7. The minimum atomic E-state index is 0.999. The van der Waals surface area contributed by atoms with Crippen LogP contribution in [0.4, 0.5) is 0 Å². The number of benzene rings is 8. The van der Waals surface area contributed by atoms with Gasteiger partial charge in [0.1, 0.15) is 0 Å². The minimum Gasteiger partial charge on any atom is -0.0620 e. The van der Waals surface area contributed by atoms with Gasteiger partial charge < -0.3 is 0 Å². The molecule has 0 spiro atoms. The maximum absolute atomic E-state index is 2.32. The molecule has 0 nitrogen and oxygen atoms in total. The Morgan fingerprint density at radius 1 is 0.356 bits per heavy atom. The summed E-state index contributed by atoms with van der Waals surface area (Å²) in [5.74, 6) is 0. The zero-order valence-electron chi connectivity index (χ0n) is 25.7. The number of rotatable bonds is 5. The van der Waals surface area contributed by atoms with E-state index in [9.17, 15) is 0 Å². The summed E-state index contributed by atoms with van der Waals surface area (Å²) < 4.78 is 0. The molecule has 0 aliphatic heterocycles. The molecule has 8 aromatic carbocycles. The maximum Gasteiger partial charge on any atom is -0.00200 e. The van der Waals surface area contributed by atoms with Crippen molar-refractivity contribution < 1.29 is 0 Å². The fourth-order valence-corrected chi connectivity index (χ4v) is 7.33. The van der Waals surface area contributed by atoms with Crippen LogP contribution >= 0.6 is 0 Å². The molecule has 8 rings (SSSR count).